The maximum atomic E-state index is 10.9. The Labute approximate surface area is 92.5 Å². The van der Waals surface area contributed by atoms with Crippen molar-refractivity contribution >= 4 is 12.3 Å². The molecule has 1 aliphatic carbocycles. The Morgan fingerprint density at radius 1 is 1.44 bits per heavy atom. The van der Waals surface area contributed by atoms with Crippen molar-refractivity contribution < 1.29 is 19.8 Å². The number of hydrogen-bond donors (Lipinski definition) is 2. The van der Waals surface area contributed by atoms with Crippen LogP contribution in [-0.2, 0) is 16.0 Å². The molecule has 0 bridgehead atoms. The Bertz CT molecular complexity index is 427. The Morgan fingerprint density at radius 2 is 2.12 bits per heavy atom. The first-order valence-electron chi connectivity index (χ1n) is 5.09. The molecule has 3 atom stereocenters. The lowest BCUT2D eigenvalue weighted by Crippen LogP contribution is -2.29. The molecule has 0 radical (unpaired) electrons. The first kappa shape index (κ1) is 10.8. The third-order valence-corrected chi connectivity index (χ3v) is 3.08. The monoisotopic (exact) mass is 220 g/mol. The first-order valence-corrected chi connectivity index (χ1v) is 5.09. The molecule has 2 N–H and O–H groups in total. The van der Waals surface area contributed by atoms with Gasteiger partial charge in [-0.3, -0.25) is 4.79 Å². The molecule has 3 unspecified atom stereocenters. The van der Waals surface area contributed by atoms with E-state index >= 15 is 0 Å². The van der Waals surface area contributed by atoms with Crippen LogP contribution in [0.4, 0.5) is 0 Å². The minimum atomic E-state index is -1.18. The SMILES string of the molecule is O=CC(C(=O)O)C1c2ccccc2CC1O. The van der Waals surface area contributed by atoms with Gasteiger partial charge in [-0.05, 0) is 17.5 Å². The van der Waals surface area contributed by atoms with Gasteiger partial charge >= 0.3 is 5.97 Å². The third kappa shape index (κ3) is 1.61. The molecule has 4 nitrogen and oxygen atoms in total. The zero-order valence-electron chi connectivity index (χ0n) is 8.54. The summed E-state index contributed by atoms with van der Waals surface area (Å²) in [7, 11) is 0. The molecule has 0 saturated heterocycles. The van der Waals surface area contributed by atoms with E-state index in [0.717, 1.165) is 11.1 Å². The summed E-state index contributed by atoms with van der Waals surface area (Å²) >= 11 is 0. The number of hydrogen-bond acceptors (Lipinski definition) is 3. The van der Waals surface area contributed by atoms with Gasteiger partial charge in [0.25, 0.3) is 0 Å². The van der Waals surface area contributed by atoms with Gasteiger partial charge in [0.05, 0.1) is 6.10 Å². The van der Waals surface area contributed by atoms with E-state index in [0.29, 0.717) is 12.7 Å². The summed E-state index contributed by atoms with van der Waals surface area (Å²) in [5.41, 5.74) is 1.70. The van der Waals surface area contributed by atoms with Crippen LogP contribution in [0.2, 0.25) is 0 Å². The lowest BCUT2D eigenvalue weighted by molar-refractivity contribution is -0.145. The van der Waals surface area contributed by atoms with E-state index in [2.05, 4.69) is 0 Å². The number of aldehydes is 1. The minimum Gasteiger partial charge on any atom is -0.481 e. The van der Waals surface area contributed by atoms with Crippen molar-refractivity contribution in [2.75, 3.05) is 0 Å². The van der Waals surface area contributed by atoms with E-state index in [9.17, 15) is 14.7 Å². The van der Waals surface area contributed by atoms with Crippen LogP contribution in [-0.4, -0.2) is 28.6 Å². The Balaban J connectivity index is 2.41. The van der Waals surface area contributed by atoms with Crippen LogP contribution in [0.1, 0.15) is 17.0 Å². The Hall–Kier alpha value is -1.68. The predicted octanol–water partition coefficient (Wildman–Crippen LogP) is 0.587. The van der Waals surface area contributed by atoms with Crippen LogP contribution in [0.3, 0.4) is 0 Å². The summed E-state index contributed by atoms with van der Waals surface area (Å²) in [5.74, 6) is -2.97. The van der Waals surface area contributed by atoms with E-state index in [4.69, 9.17) is 5.11 Å². The number of aliphatic hydroxyl groups is 1. The number of benzene rings is 1. The molecule has 0 heterocycles. The zero-order valence-corrected chi connectivity index (χ0v) is 8.54. The number of aliphatic hydroxyl groups excluding tert-OH is 1. The summed E-state index contributed by atoms with van der Waals surface area (Å²) in [6.45, 7) is 0. The normalized spacial score (nSPS) is 24.8. The van der Waals surface area contributed by atoms with Crippen LogP contribution in [0.5, 0.6) is 0 Å². The second-order valence-electron chi connectivity index (χ2n) is 4.00. The summed E-state index contributed by atoms with van der Waals surface area (Å²) in [6, 6.07) is 7.25. The van der Waals surface area contributed by atoms with Crippen molar-refractivity contribution in [3.8, 4) is 0 Å². The van der Waals surface area contributed by atoms with E-state index in [1.807, 2.05) is 12.1 Å². The fourth-order valence-electron chi connectivity index (χ4n) is 2.33. The highest BCUT2D eigenvalue weighted by Crippen LogP contribution is 2.37. The second-order valence-corrected chi connectivity index (χ2v) is 4.00. The van der Waals surface area contributed by atoms with Crippen molar-refractivity contribution in [1.82, 2.24) is 0 Å². The molecule has 4 heteroatoms. The smallest absolute Gasteiger partial charge is 0.314 e. The van der Waals surface area contributed by atoms with E-state index in [1.165, 1.54) is 0 Å². The number of carbonyl (C=O) groups is 2. The predicted molar refractivity (Wildman–Crippen MR) is 56.1 cm³/mol. The largest absolute Gasteiger partial charge is 0.481 e. The van der Waals surface area contributed by atoms with Crippen molar-refractivity contribution in [2.45, 2.75) is 18.4 Å². The molecule has 0 amide bonds. The van der Waals surface area contributed by atoms with Gasteiger partial charge in [-0.25, -0.2) is 0 Å². The average Bonchev–Trinajstić information content (AvgIpc) is 2.57. The number of aliphatic carboxylic acids is 1. The minimum absolute atomic E-state index is 0.401. The van der Waals surface area contributed by atoms with E-state index < -0.39 is 23.9 Å². The first-order chi connectivity index (χ1) is 7.65. The van der Waals surface area contributed by atoms with Gasteiger partial charge in [-0.1, -0.05) is 24.3 Å². The zero-order chi connectivity index (χ0) is 11.7. The highest BCUT2D eigenvalue weighted by Gasteiger charge is 2.40. The van der Waals surface area contributed by atoms with Crippen molar-refractivity contribution in [3.63, 3.8) is 0 Å². The highest BCUT2D eigenvalue weighted by molar-refractivity contribution is 5.88. The number of rotatable bonds is 3. The molecule has 0 aliphatic heterocycles. The van der Waals surface area contributed by atoms with Crippen molar-refractivity contribution in [2.24, 2.45) is 5.92 Å². The summed E-state index contributed by atoms with van der Waals surface area (Å²) in [4.78, 5) is 21.7. The summed E-state index contributed by atoms with van der Waals surface area (Å²) in [5, 5.41) is 18.8. The number of fused-ring (bicyclic) bond motifs is 1. The molecule has 1 aromatic rings. The molecule has 0 saturated carbocycles. The lowest BCUT2D eigenvalue weighted by Gasteiger charge is -2.18. The molecular formula is C12H12O4. The van der Waals surface area contributed by atoms with Crippen LogP contribution in [0.15, 0.2) is 24.3 Å². The van der Waals surface area contributed by atoms with Crippen molar-refractivity contribution in [3.05, 3.63) is 35.4 Å². The molecule has 16 heavy (non-hydrogen) atoms. The van der Waals surface area contributed by atoms with Gasteiger partial charge in [0.15, 0.2) is 0 Å². The van der Waals surface area contributed by atoms with Crippen LogP contribution < -0.4 is 0 Å². The van der Waals surface area contributed by atoms with E-state index in [-0.39, 0.29) is 0 Å². The van der Waals surface area contributed by atoms with Gasteiger partial charge in [0.2, 0.25) is 0 Å². The van der Waals surface area contributed by atoms with Gasteiger partial charge < -0.3 is 15.0 Å². The molecule has 0 spiro atoms. The molecule has 1 aliphatic rings. The average molecular weight is 220 g/mol. The van der Waals surface area contributed by atoms with Gasteiger partial charge in [-0.15, -0.1) is 0 Å². The second kappa shape index (κ2) is 4.06. The Morgan fingerprint density at radius 3 is 2.75 bits per heavy atom. The number of carboxylic acids is 1. The third-order valence-electron chi connectivity index (χ3n) is 3.08. The summed E-state index contributed by atoms with van der Waals surface area (Å²) in [6.07, 6.45) is 0.0280. The molecule has 84 valence electrons. The van der Waals surface area contributed by atoms with Crippen LogP contribution in [0.25, 0.3) is 0 Å². The Kier molecular flexibility index (Phi) is 2.75. The maximum Gasteiger partial charge on any atom is 0.314 e. The molecule has 0 aromatic heterocycles. The standard InChI is InChI=1S/C12H12O4/c13-6-9(12(15)16)11-8-4-2-1-3-7(8)5-10(11)14/h1-4,6,9-11,14H,5H2,(H,15,16). The molecule has 0 fully saturated rings. The van der Waals surface area contributed by atoms with Crippen LogP contribution in [0, 0.1) is 5.92 Å². The van der Waals surface area contributed by atoms with Gasteiger partial charge in [-0.2, -0.15) is 0 Å². The molecule has 2 rings (SSSR count). The number of carbonyl (C=O) groups excluding carboxylic acids is 1. The van der Waals surface area contributed by atoms with Crippen LogP contribution >= 0.6 is 0 Å². The highest BCUT2D eigenvalue weighted by atomic mass is 16.4. The fraction of sp³-hybridized carbons (Fsp3) is 0.333. The topological polar surface area (TPSA) is 74.6 Å². The molecule has 1 aromatic carbocycles. The summed E-state index contributed by atoms with van der Waals surface area (Å²) < 4.78 is 0. The molecular weight excluding hydrogens is 208 g/mol. The van der Waals surface area contributed by atoms with Gasteiger partial charge in [0, 0.05) is 5.92 Å². The quantitative estimate of drug-likeness (QED) is 0.577. The van der Waals surface area contributed by atoms with Crippen molar-refractivity contribution in [1.29, 1.82) is 0 Å². The maximum absolute atomic E-state index is 10.9. The number of carboxylic acid groups (broad SMARTS) is 1. The van der Waals surface area contributed by atoms with Gasteiger partial charge in [0.1, 0.15) is 12.2 Å². The lowest BCUT2D eigenvalue weighted by atomic mass is 9.87. The van der Waals surface area contributed by atoms with E-state index in [1.54, 1.807) is 12.1 Å². The fourth-order valence-corrected chi connectivity index (χ4v) is 2.33.